The number of nitrogens with zero attached hydrogens (tertiary/aromatic N) is 2. The lowest BCUT2D eigenvalue weighted by Crippen LogP contribution is -2.44. The molecule has 2 rings (SSSR count). The summed E-state index contributed by atoms with van der Waals surface area (Å²) in [6.45, 7) is 1.35. The molecule has 0 aliphatic carbocycles. The normalized spacial score (nSPS) is 20.4. The van der Waals surface area contributed by atoms with Crippen LogP contribution in [-0.2, 0) is 0 Å². The maximum Gasteiger partial charge on any atom is 0.169 e. The first kappa shape index (κ1) is 8.66. The summed E-state index contributed by atoms with van der Waals surface area (Å²) < 4.78 is 2.20. The zero-order valence-corrected chi connectivity index (χ0v) is 7.60. The highest BCUT2D eigenvalue weighted by Gasteiger charge is 2.21. The molecule has 0 N–H and O–H groups in total. The van der Waals surface area contributed by atoms with E-state index >= 15 is 0 Å². The van der Waals surface area contributed by atoms with Crippen LogP contribution >= 0.6 is 0 Å². The molecule has 0 amide bonds. The Morgan fingerprint density at radius 3 is 2.31 bits per heavy atom. The number of pyridine rings is 1. The molecule has 0 spiro atoms. The zero-order valence-electron chi connectivity index (χ0n) is 7.60. The van der Waals surface area contributed by atoms with Crippen LogP contribution in [0.15, 0.2) is 30.6 Å². The minimum Gasteiger partial charge on any atom is -0.785 e. The maximum atomic E-state index is 10.9. The van der Waals surface area contributed by atoms with E-state index < -0.39 is 0 Å². The van der Waals surface area contributed by atoms with Crippen molar-refractivity contribution in [2.45, 2.75) is 18.9 Å². The summed E-state index contributed by atoms with van der Waals surface area (Å²) in [6.07, 6.45) is 6.09. The average Bonchev–Trinajstić information content (AvgIpc) is 2.20. The first-order valence-electron chi connectivity index (χ1n) is 4.74. The second-order valence-electron chi connectivity index (χ2n) is 3.48. The van der Waals surface area contributed by atoms with Gasteiger partial charge in [-0.3, -0.25) is 0 Å². The molecule has 0 saturated carbocycles. The minimum absolute atomic E-state index is 0.520. The Balaban J connectivity index is 2.03. The Hall–Kier alpha value is -0.930. The van der Waals surface area contributed by atoms with Gasteiger partial charge < -0.3 is 10.3 Å². The van der Waals surface area contributed by atoms with Crippen molar-refractivity contribution in [2.75, 3.05) is 13.1 Å². The molecule has 1 aromatic rings. The van der Waals surface area contributed by atoms with Gasteiger partial charge in [0.15, 0.2) is 18.4 Å². The monoisotopic (exact) mass is 178 g/mol. The van der Waals surface area contributed by atoms with E-state index in [1.54, 1.807) is 0 Å². The summed E-state index contributed by atoms with van der Waals surface area (Å²) in [5.74, 6) is 0. The fourth-order valence-corrected chi connectivity index (χ4v) is 1.80. The van der Waals surface area contributed by atoms with Crippen LogP contribution in [0.25, 0.3) is 0 Å². The van der Waals surface area contributed by atoms with Crippen LogP contribution < -0.4 is 4.57 Å². The highest BCUT2D eigenvalue weighted by atomic mass is 16.5. The Bertz CT molecular complexity index is 255. The molecule has 3 heteroatoms. The molecule has 70 valence electrons. The van der Waals surface area contributed by atoms with Crippen molar-refractivity contribution in [3.8, 4) is 0 Å². The lowest BCUT2D eigenvalue weighted by Gasteiger charge is -2.33. The van der Waals surface area contributed by atoms with E-state index in [0.717, 1.165) is 17.9 Å². The number of aromatic nitrogens is 1. The molecule has 1 fully saturated rings. The van der Waals surface area contributed by atoms with Crippen LogP contribution in [0.5, 0.6) is 0 Å². The number of hydrogen-bond acceptors (Lipinski definition) is 2. The van der Waals surface area contributed by atoms with E-state index in [2.05, 4.69) is 17.0 Å². The highest BCUT2D eigenvalue weighted by Crippen LogP contribution is 2.15. The van der Waals surface area contributed by atoms with Crippen molar-refractivity contribution in [1.29, 1.82) is 0 Å². The summed E-state index contributed by atoms with van der Waals surface area (Å²) in [5, 5.41) is 12.1. The molecule has 0 atom stereocenters. The van der Waals surface area contributed by atoms with Gasteiger partial charge >= 0.3 is 0 Å². The fraction of sp³-hybridized carbons (Fsp3) is 0.500. The van der Waals surface area contributed by atoms with Gasteiger partial charge in [0.05, 0.1) is 0 Å². The number of hydroxylamine groups is 2. The molecule has 1 saturated heterocycles. The number of piperidine rings is 1. The molecule has 1 aromatic heterocycles. The van der Waals surface area contributed by atoms with Crippen molar-refractivity contribution in [2.24, 2.45) is 0 Å². The van der Waals surface area contributed by atoms with Crippen LogP contribution in [0.1, 0.15) is 18.9 Å². The second-order valence-corrected chi connectivity index (χ2v) is 3.48. The van der Waals surface area contributed by atoms with Gasteiger partial charge in [-0.25, -0.2) is 4.57 Å². The van der Waals surface area contributed by atoms with E-state index in [1.165, 1.54) is 0 Å². The van der Waals surface area contributed by atoms with Crippen molar-refractivity contribution in [3.05, 3.63) is 35.8 Å². The van der Waals surface area contributed by atoms with Crippen molar-refractivity contribution < 1.29 is 4.57 Å². The SMILES string of the molecule is [O-]N1CCC([n+]2ccccc2)CC1. The number of rotatable bonds is 1. The number of hydrogen-bond donors (Lipinski definition) is 0. The van der Waals surface area contributed by atoms with E-state index in [1.807, 2.05) is 18.2 Å². The Morgan fingerprint density at radius 1 is 1.08 bits per heavy atom. The minimum atomic E-state index is 0.520. The van der Waals surface area contributed by atoms with Crippen molar-refractivity contribution in [3.63, 3.8) is 0 Å². The predicted molar refractivity (Wildman–Crippen MR) is 49.8 cm³/mol. The largest absolute Gasteiger partial charge is 0.785 e. The van der Waals surface area contributed by atoms with Gasteiger partial charge in [0.25, 0.3) is 0 Å². The van der Waals surface area contributed by atoms with Gasteiger partial charge in [-0.05, 0) is 13.1 Å². The maximum absolute atomic E-state index is 10.9. The quantitative estimate of drug-likeness (QED) is 0.603. The fourth-order valence-electron chi connectivity index (χ4n) is 1.80. The summed E-state index contributed by atoms with van der Waals surface area (Å²) in [7, 11) is 0. The molecular formula is C10H14N2O. The molecule has 1 aliphatic rings. The van der Waals surface area contributed by atoms with Gasteiger partial charge in [0.2, 0.25) is 0 Å². The Morgan fingerprint density at radius 2 is 1.69 bits per heavy atom. The van der Waals surface area contributed by atoms with Gasteiger partial charge in [0.1, 0.15) is 0 Å². The Kier molecular flexibility index (Phi) is 2.57. The van der Waals surface area contributed by atoms with Gasteiger partial charge in [-0.2, -0.15) is 0 Å². The smallest absolute Gasteiger partial charge is 0.169 e. The lowest BCUT2D eigenvalue weighted by atomic mass is 10.1. The highest BCUT2D eigenvalue weighted by molar-refractivity contribution is 4.84. The van der Waals surface area contributed by atoms with Crippen molar-refractivity contribution >= 4 is 0 Å². The van der Waals surface area contributed by atoms with Gasteiger partial charge in [-0.1, -0.05) is 6.07 Å². The average molecular weight is 178 g/mol. The third kappa shape index (κ3) is 2.05. The molecule has 1 aliphatic heterocycles. The van der Waals surface area contributed by atoms with Gasteiger partial charge in [0, 0.05) is 25.0 Å². The first-order valence-corrected chi connectivity index (χ1v) is 4.74. The molecule has 0 radical (unpaired) electrons. The third-order valence-electron chi connectivity index (χ3n) is 2.58. The van der Waals surface area contributed by atoms with Crippen LogP contribution in [0, 0.1) is 5.21 Å². The first-order chi connectivity index (χ1) is 6.36. The molecule has 13 heavy (non-hydrogen) atoms. The van der Waals surface area contributed by atoms with E-state index in [9.17, 15) is 5.21 Å². The van der Waals surface area contributed by atoms with Crippen LogP contribution in [0.4, 0.5) is 0 Å². The lowest BCUT2D eigenvalue weighted by molar-refractivity contribution is -0.725. The van der Waals surface area contributed by atoms with Crippen LogP contribution in [0.2, 0.25) is 0 Å². The Labute approximate surface area is 78.2 Å². The predicted octanol–water partition coefficient (Wildman–Crippen LogP) is 1.11. The standard InChI is InChI=1S/C10H14N2O/c13-12-8-4-10(5-9-12)11-6-2-1-3-7-11/h1-3,6-7,10H,4-5,8-9H2. The summed E-state index contributed by atoms with van der Waals surface area (Å²) in [5.41, 5.74) is 0. The van der Waals surface area contributed by atoms with E-state index in [0.29, 0.717) is 19.1 Å². The van der Waals surface area contributed by atoms with E-state index in [4.69, 9.17) is 0 Å². The molecule has 3 nitrogen and oxygen atoms in total. The molecule has 0 aromatic carbocycles. The molecular weight excluding hydrogens is 164 g/mol. The molecule has 0 unspecified atom stereocenters. The summed E-state index contributed by atoms with van der Waals surface area (Å²) in [4.78, 5) is 0. The summed E-state index contributed by atoms with van der Waals surface area (Å²) >= 11 is 0. The molecule has 0 bridgehead atoms. The second kappa shape index (κ2) is 3.85. The van der Waals surface area contributed by atoms with Gasteiger partial charge in [-0.15, -0.1) is 0 Å². The van der Waals surface area contributed by atoms with Crippen molar-refractivity contribution in [1.82, 2.24) is 5.06 Å². The van der Waals surface area contributed by atoms with Crippen LogP contribution in [-0.4, -0.2) is 18.2 Å². The van der Waals surface area contributed by atoms with Crippen LogP contribution in [0.3, 0.4) is 0 Å². The van der Waals surface area contributed by atoms with E-state index in [-0.39, 0.29) is 0 Å². The third-order valence-corrected chi connectivity index (χ3v) is 2.58. The summed E-state index contributed by atoms with van der Waals surface area (Å²) in [6, 6.07) is 6.60. The molecule has 2 heterocycles. The zero-order chi connectivity index (χ0) is 9.10. The topological polar surface area (TPSA) is 30.2 Å².